The van der Waals surface area contributed by atoms with Crippen molar-refractivity contribution in [3.05, 3.63) is 63.4 Å². The second-order valence-electron chi connectivity index (χ2n) is 5.92. The fourth-order valence-corrected chi connectivity index (χ4v) is 3.03. The summed E-state index contributed by atoms with van der Waals surface area (Å²) in [7, 11) is 0. The molecule has 1 heterocycles. The minimum Gasteiger partial charge on any atom is -0.490 e. The Morgan fingerprint density at radius 2 is 1.88 bits per heavy atom. The van der Waals surface area contributed by atoms with Crippen LogP contribution in [0.15, 0.2) is 36.4 Å². The van der Waals surface area contributed by atoms with Gasteiger partial charge >= 0.3 is 0 Å². The third-order valence-corrected chi connectivity index (χ3v) is 4.80. The van der Waals surface area contributed by atoms with E-state index < -0.39 is 5.82 Å². The summed E-state index contributed by atoms with van der Waals surface area (Å²) in [5, 5.41) is 0.784. The van der Waals surface area contributed by atoms with Crippen LogP contribution in [0.4, 0.5) is 4.39 Å². The molecule has 25 heavy (non-hydrogen) atoms. The van der Waals surface area contributed by atoms with Gasteiger partial charge in [0.1, 0.15) is 17.7 Å². The van der Waals surface area contributed by atoms with E-state index >= 15 is 0 Å². The fraction of sp³-hybridized carbons (Fsp3) is 0.316. The van der Waals surface area contributed by atoms with Crippen LogP contribution in [0.25, 0.3) is 0 Å². The maximum Gasteiger partial charge on any atom is 0.170 e. The lowest BCUT2D eigenvalue weighted by Crippen LogP contribution is -2.25. The Bertz CT molecular complexity index is 773. The van der Waals surface area contributed by atoms with Gasteiger partial charge in [-0.3, -0.25) is 4.79 Å². The van der Waals surface area contributed by atoms with Gasteiger partial charge in [-0.1, -0.05) is 29.3 Å². The van der Waals surface area contributed by atoms with Gasteiger partial charge in [0.15, 0.2) is 5.78 Å². The van der Waals surface area contributed by atoms with Gasteiger partial charge in [0, 0.05) is 25.3 Å². The van der Waals surface area contributed by atoms with Gasteiger partial charge in [-0.15, -0.1) is 0 Å². The first-order valence-electron chi connectivity index (χ1n) is 8.04. The number of carbonyl (C=O) groups is 1. The molecule has 1 fully saturated rings. The molecule has 2 aromatic carbocycles. The normalized spacial score (nSPS) is 15.2. The van der Waals surface area contributed by atoms with E-state index in [1.165, 1.54) is 12.1 Å². The summed E-state index contributed by atoms with van der Waals surface area (Å²) in [5.74, 6) is -0.487. The van der Waals surface area contributed by atoms with E-state index in [0.717, 1.165) is 12.8 Å². The highest BCUT2D eigenvalue weighted by molar-refractivity contribution is 6.42. The van der Waals surface area contributed by atoms with Crippen LogP contribution in [0.2, 0.25) is 10.0 Å². The number of rotatable bonds is 5. The van der Waals surface area contributed by atoms with Gasteiger partial charge in [0.25, 0.3) is 0 Å². The standard InChI is InChI=1S/C19H17Cl2FO3/c20-16-4-1-12(9-17(16)21)10-19(23)15-3-2-14(11-18(15)22)25-13-5-7-24-8-6-13/h1-4,9,11,13H,5-8,10H2. The third kappa shape index (κ3) is 4.72. The molecule has 0 N–H and O–H groups in total. The van der Waals surface area contributed by atoms with Gasteiger partial charge in [-0.2, -0.15) is 0 Å². The van der Waals surface area contributed by atoms with Crippen molar-refractivity contribution in [2.24, 2.45) is 0 Å². The van der Waals surface area contributed by atoms with Crippen molar-refractivity contribution in [3.63, 3.8) is 0 Å². The SMILES string of the molecule is O=C(Cc1ccc(Cl)c(Cl)c1)c1ccc(OC2CCOCC2)cc1F. The van der Waals surface area contributed by atoms with Crippen LogP contribution in [-0.4, -0.2) is 25.1 Å². The minimum atomic E-state index is -0.588. The number of benzene rings is 2. The Morgan fingerprint density at radius 1 is 1.12 bits per heavy atom. The molecule has 3 rings (SSSR count). The van der Waals surface area contributed by atoms with Gasteiger partial charge in [0.05, 0.1) is 28.8 Å². The zero-order valence-electron chi connectivity index (χ0n) is 13.4. The molecule has 0 radical (unpaired) electrons. The van der Waals surface area contributed by atoms with E-state index in [9.17, 15) is 9.18 Å². The van der Waals surface area contributed by atoms with Crippen LogP contribution in [0, 0.1) is 5.82 Å². The molecule has 0 aromatic heterocycles. The minimum absolute atomic E-state index is 0.0194. The Balaban J connectivity index is 1.69. The first-order valence-corrected chi connectivity index (χ1v) is 8.79. The Morgan fingerprint density at radius 3 is 2.56 bits per heavy atom. The van der Waals surface area contributed by atoms with E-state index in [4.69, 9.17) is 32.7 Å². The van der Waals surface area contributed by atoms with E-state index in [2.05, 4.69) is 0 Å². The molecule has 0 aliphatic carbocycles. The lowest BCUT2D eigenvalue weighted by molar-refractivity contribution is 0.0254. The molecular formula is C19H17Cl2FO3. The highest BCUT2D eigenvalue weighted by atomic mass is 35.5. The number of ether oxygens (including phenoxy) is 2. The monoisotopic (exact) mass is 382 g/mol. The van der Waals surface area contributed by atoms with E-state index in [1.54, 1.807) is 24.3 Å². The number of carbonyl (C=O) groups excluding carboxylic acids is 1. The van der Waals surface area contributed by atoms with Gasteiger partial charge in [0.2, 0.25) is 0 Å². The molecule has 2 aromatic rings. The predicted molar refractivity (Wildman–Crippen MR) is 95.4 cm³/mol. The summed E-state index contributed by atoms with van der Waals surface area (Å²) in [5.41, 5.74) is 0.715. The second kappa shape index (κ2) is 8.17. The highest BCUT2D eigenvalue weighted by Gasteiger charge is 2.18. The highest BCUT2D eigenvalue weighted by Crippen LogP contribution is 2.25. The molecular weight excluding hydrogens is 366 g/mol. The van der Waals surface area contributed by atoms with Crippen molar-refractivity contribution in [3.8, 4) is 5.75 Å². The maximum absolute atomic E-state index is 14.3. The molecule has 6 heteroatoms. The van der Waals surface area contributed by atoms with Gasteiger partial charge in [-0.25, -0.2) is 4.39 Å². The van der Waals surface area contributed by atoms with Gasteiger partial charge in [-0.05, 0) is 29.8 Å². The summed E-state index contributed by atoms with van der Waals surface area (Å²) in [6.07, 6.45) is 1.62. The average molecular weight is 383 g/mol. The quantitative estimate of drug-likeness (QED) is 0.673. The van der Waals surface area contributed by atoms with Crippen LogP contribution < -0.4 is 4.74 Å². The number of hydrogen-bond donors (Lipinski definition) is 0. The van der Waals surface area contributed by atoms with Crippen LogP contribution >= 0.6 is 23.2 Å². The smallest absolute Gasteiger partial charge is 0.170 e. The summed E-state index contributed by atoms with van der Waals surface area (Å²) in [6.45, 7) is 1.29. The van der Waals surface area contributed by atoms with Crippen LogP contribution in [-0.2, 0) is 11.2 Å². The molecule has 0 amide bonds. The predicted octanol–water partition coefficient (Wildman–Crippen LogP) is 5.12. The molecule has 1 aliphatic heterocycles. The summed E-state index contributed by atoms with van der Waals surface area (Å²) in [4.78, 5) is 12.4. The zero-order valence-corrected chi connectivity index (χ0v) is 14.9. The Kier molecular flexibility index (Phi) is 5.94. The topological polar surface area (TPSA) is 35.5 Å². The number of halogens is 3. The Hall–Kier alpha value is -1.62. The molecule has 132 valence electrons. The average Bonchev–Trinajstić information content (AvgIpc) is 2.59. The lowest BCUT2D eigenvalue weighted by atomic mass is 10.0. The molecule has 3 nitrogen and oxygen atoms in total. The molecule has 1 saturated heterocycles. The molecule has 0 spiro atoms. The summed E-state index contributed by atoms with van der Waals surface area (Å²) in [6, 6.07) is 9.28. The van der Waals surface area contributed by atoms with Crippen molar-refractivity contribution in [1.29, 1.82) is 0 Å². The van der Waals surface area contributed by atoms with Crippen LogP contribution in [0.5, 0.6) is 5.75 Å². The van der Waals surface area contributed by atoms with Crippen molar-refractivity contribution < 1.29 is 18.7 Å². The summed E-state index contributed by atoms with van der Waals surface area (Å²) < 4.78 is 25.4. The van der Waals surface area contributed by atoms with E-state index in [0.29, 0.717) is 34.6 Å². The molecule has 0 atom stereocenters. The molecule has 0 unspecified atom stereocenters. The third-order valence-electron chi connectivity index (χ3n) is 4.06. The van der Waals surface area contributed by atoms with Crippen molar-refractivity contribution in [2.45, 2.75) is 25.4 Å². The number of ketones is 1. The second-order valence-corrected chi connectivity index (χ2v) is 6.73. The maximum atomic E-state index is 14.3. The number of hydrogen-bond acceptors (Lipinski definition) is 3. The summed E-state index contributed by atoms with van der Waals surface area (Å²) >= 11 is 11.8. The zero-order chi connectivity index (χ0) is 17.8. The Labute approximate surface area is 155 Å². The van der Waals surface area contributed by atoms with Crippen LogP contribution in [0.3, 0.4) is 0 Å². The fourth-order valence-electron chi connectivity index (χ4n) is 2.71. The van der Waals surface area contributed by atoms with E-state index in [1.807, 2.05) is 0 Å². The van der Waals surface area contributed by atoms with Crippen molar-refractivity contribution in [1.82, 2.24) is 0 Å². The largest absolute Gasteiger partial charge is 0.490 e. The first kappa shape index (κ1) is 18.2. The van der Waals surface area contributed by atoms with Crippen molar-refractivity contribution >= 4 is 29.0 Å². The molecule has 0 bridgehead atoms. The number of Topliss-reactive ketones (excluding diaryl/α,β-unsaturated/α-hetero) is 1. The van der Waals surface area contributed by atoms with Crippen molar-refractivity contribution in [2.75, 3.05) is 13.2 Å². The molecule has 1 aliphatic rings. The van der Waals surface area contributed by atoms with Gasteiger partial charge < -0.3 is 9.47 Å². The lowest BCUT2D eigenvalue weighted by Gasteiger charge is -2.23. The molecule has 0 saturated carbocycles. The van der Waals surface area contributed by atoms with E-state index in [-0.39, 0.29) is 23.9 Å². The first-order chi connectivity index (χ1) is 12.0. The van der Waals surface area contributed by atoms with Crippen LogP contribution in [0.1, 0.15) is 28.8 Å².